The number of hydrogen-bond donors (Lipinski definition) is 0. The molecule has 0 aliphatic carbocycles. The maximum absolute atomic E-state index is 6.23. The van der Waals surface area contributed by atoms with Gasteiger partial charge in [-0.3, -0.25) is 4.90 Å². The molecule has 0 aromatic heterocycles. The number of hydrogen-bond acceptors (Lipinski definition) is 1. The van der Waals surface area contributed by atoms with Crippen LogP contribution in [0.1, 0.15) is 18.4 Å². The molecule has 0 radical (unpaired) electrons. The van der Waals surface area contributed by atoms with Crippen LogP contribution in [0.2, 0.25) is 5.02 Å². The minimum Gasteiger partial charge on any atom is -0.295 e. The van der Waals surface area contributed by atoms with Gasteiger partial charge in [-0.15, -0.1) is 0 Å². The SMILES string of the molecule is Clc1cc(Br)ccc1CN1CCCC1CBr. The molecular formula is C12H14Br2ClN. The van der Waals surface area contributed by atoms with Crippen molar-refractivity contribution in [2.75, 3.05) is 11.9 Å². The van der Waals surface area contributed by atoms with E-state index < -0.39 is 0 Å². The highest BCUT2D eigenvalue weighted by atomic mass is 79.9. The molecule has 1 aromatic rings. The zero-order valence-electron chi connectivity index (χ0n) is 8.93. The topological polar surface area (TPSA) is 3.24 Å². The van der Waals surface area contributed by atoms with Crippen LogP contribution >= 0.6 is 43.5 Å². The Morgan fingerprint density at radius 2 is 2.25 bits per heavy atom. The molecule has 1 aromatic carbocycles. The maximum atomic E-state index is 6.23. The molecular weight excluding hydrogens is 353 g/mol. The molecule has 1 fully saturated rings. The molecule has 2 rings (SSSR count). The Morgan fingerprint density at radius 1 is 1.44 bits per heavy atom. The van der Waals surface area contributed by atoms with Gasteiger partial charge in [0.25, 0.3) is 0 Å². The van der Waals surface area contributed by atoms with E-state index in [9.17, 15) is 0 Å². The highest BCUT2D eigenvalue weighted by molar-refractivity contribution is 9.10. The number of benzene rings is 1. The smallest absolute Gasteiger partial charge is 0.0462 e. The average molecular weight is 368 g/mol. The minimum absolute atomic E-state index is 0.666. The van der Waals surface area contributed by atoms with Gasteiger partial charge < -0.3 is 0 Å². The Bertz CT molecular complexity index is 370. The number of halogens is 3. The van der Waals surface area contributed by atoms with Crippen molar-refractivity contribution in [1.82, 2.24) is 4.90 Å². The second-order valence-electron chi connectivity index (χ2n) is 4.16. The second kappa shape index (κ2) is 5.85. The van der Waals surface area contributed by atoms with Gasteiger partial charge in [0.05, 0.1) is 0 Å². The molecule has 0 saturated carbocycles. The third-order valence-corrected chi connectivity index (χ3v) is 4.66. The zero-order chi connectivity index (χ0) is 11.5. The summed E-state index contributed by atoms with van der Waals surface area (Å²) in [5.74, 6) is 0. The number of alkyl halides is 1. The van der Waals surface area contributed by atoms with Gasteiger partial charge in [0.15, 0.2) is 0 Å². The molecule has 1 heterocycles. The monoisotopic (exact) mass is 365 g/mol. The first-order valence-corrected chi connectivity index (χ1v) is 7.74. The van der Waals surface area contributed by atoms with E-state index in [1.54, 1.807) is 0 Å². The van der Waals surface area contributed by atoms with Gasteiger partial charge in [0, 0.05) is 27.4 Å². The summed E-state index contributed by atoms with van der Waals surface area (Å²) >= 11 is 13.2. The molecule has 16 heavy (non-hydrogen) atoms. The van der Waals surface area contributed by atoms with E-state index in [4.69, 9.17) is 11.6 Å². The van der Waals surface area contributed by atoms with Crippen LogP contribution in [0.5, 0.6) is 0 Å². The molecule has 0 amide bonds. The highest BCUT2D eigenvalue weighted by Crippen LogP contribution is 2.26. The molecule has 0 N–H and O–H groups in total. The van der Waals surface area contributed by atoms with Crippen LogP contribution in [0.25, 0.3) is 0 Å². The van der Waals surface area contributed by atoms with Crippen LogP contribution in [-0.2, 0) is 6.54 Å². The maximum Gasteiger partial charge on any atom is 0.0462 e. The molecule has 1 aliphatic rings. The van der Waals surface area contributed by atoms with Gasteiger partial charge >= 0.3 is 0 Å². The van der Waals surface area contributed by atoms with Crippen molar-refractivity contribution in [3.05, 3.63) is 33.3 Å². The summed E-state index contributed by atoms with van der Waals surface area (Å²) in [5, 5.41) is 1.91. The Labute approximate surface area is 118 Å². The van der Waals surface area contributed by atoms with Gasteiger partial charge in [-0.25, -0.2) is 0 Å². The third-order valence-electron chi connectivity index (χ3n) is 3.07. The molecule has 1 aliphatic heterocycles. The lowest BCUT2D eigenvalue weighted by Gasteiger charge is -2.23. The third kappa shape index (κ3) is 3.00. The molecule has 0 bridgehead atoms. The fraction of sp³-hybridized carbons (Fsp3) is 0.500. The molecule has 1 saturated heterocycles. The average Bonchev–Trinajstić information content (AvgIpc) is 2.69. The lowest BCUT2D eigenvalue weighted by molar-refractivity contribution is 0.265. The Kier molecular flexibility index (Phi) is 4.71. The van der Waals surface area contributed by atoms with E-state index in [2.05, 4.69) is 48.9 Å². The van der Waals surface area contributed by atoms with Crippen LogP contribution in [0.15, 0.2) is 22.7 Å². The van der Waals surface area contributed by atoms with Crippen molar-refractivity contribution >= 4 is 43.5 Å². The lowest BCUT2D eigenvalue weighted by Crippen LogP contribution is -2.30. The van der Waals surface area contributed by atoms with E-state index in [-0.39, 0.29) is 0 Å². The first-order chi connectivity index (χ1) is 7.70. The summed E-state index contributed by atoms with van der Waals surface area (Å²) in [6, 6.07) is 6.80. The first-order valence-electron chi connectivity index (χ1n) is 5.44. The summed E-state index contributed by atoms with van der Waals surface area (Å²) in [5.41, 5.74) is 1.22. The molecule has 4 heteroatoms. The van der Waals surface area contributed by atoms with Gasteiger partial charge in [0.1, 0.15) is 0 Å². The van der Waals surface area contributed by atoms with Crippen LogP contribution in [0.3, 0.4) is 0 Å². The van der Waals surface area contributed by atoms with Crippen LogP contribution in [0, 0.1) is 0 Å². The van der Waals surface area contributed by atoms with Gasteiger partial charge in [-0.1, -0.05) is 49.5 Å². The molecule has 1 atom stereocenters. The fourth-order valence-corrected chi connectivity index (χ4v) is 3.61. The van der Waals surface area contributed by atoms with E-state index in [0.717, 1.165) is 21.4 Å². The molecule has 1 nitrogen and oxygen atoms in total. The Balaban J connectivity index is 2.08. The summed E-state index contributed by atoms with van der Waals surface area (Å²) in [6.45, 7) is 2.14. The van der Waals surface area contributed by atoms with Crippen LogP contribution < -0.4 is 0 Å². The van der Waals surface area contributed by atoms with E-state index >= 15 is 0 Å². The van der Waals surface area contributed by atoms with Crippen LogP contribution in [0.4, 0.5) is 0 Å². The van der Waals surface area contributed by atoms with E-state index in [0.29, 0.717) is 6.04 Å². The standard InChI is InChI=1S/C12H14Br2ClN/c13-7-11-2-1-5-16(11)8-9-3-4-10(14)6-12(9)15/h3-4,6,11H,1-2,5,7-8H2. The van der Waals surface area contributed by atoms with Crippen molar-refractivity contribution in [3.63, 3.8) is 0 Å². The zero-order valence-corrected chi connectivity index (χ0v) is 12.9. The van der Waals surface area contributed by atoms with E-state index in [1.165, 1.54) is 24.9 Å². The summed E-state index contributed by atoms with van der Waals surface area (Å²) in [6.07, 6.45) is 2.59. The number of likely N-dealkylation sites (tertiary alicyclic amines) is 1. The molecule has 1 unspecified atom stereocenters. The highest BCUT2D eigenvalue weighted by Gasteiger charge is 2.23. The fourth-order valence-electron chi connectivity index (χ4n) is 2.15. The Morgan fingerprint density at radius 3 is 2.94 bits per heavy atom. The summed E-state index contributed by atoms with van der Waals surface area (Å²) in [7, 11) is 0. The molecule has 0 spiro atoms. The quantitative estimate of drug-likeness (QED) is 0.713. The van der Waals surface area contributed by atoms with Crippen LogP contribution in [-0.4, -0.2) is 22.8 Å². The van der Waals surface area contributed by atoms with Crippen molar-refractivity contribution in [2.45, 2.75) is 25.4 Å². The van der Waals surface area contributed by atoms with Gasteiger partial charge in [-0.2, -0.15) is 0 Å². The van der Waals surface area contributed by atoms with Crippen molar-refractivity contribution in [3.8, 4) is 0 Å². The van der Waals surface area contributed by atoms with Crippen molar-refractivity contribution in [2.24, 2.45) is 0 Å². The number of nitrogens with zero attached hydrogens (tertiary/aromatic N) is 1. The second-order valence-corrected chi connectivity index (χ2v) is 6.13. The summed E-state index contributed by atoms with van der Waals surface area (Å²) in [4.78, 5) is 2.50. The normalized spacial score (nSPS) is 21.6. The number of rotatable bonds is 3. The minimum atomic E-state index is 0.666. The first kappa shape index (κ1) is 12.9. The predicted octanol–water partition coefficient (Wildman–Crippen LogP) is 4.46. The van der Waals surface area contributed by atoms with Crippen molar-refractivity contribution in [1.29, 1.82) is 0 Å². The largest absolute Gasteiger partial charge is 0.295 e. The van der Waals surface area contributed by atoms with Crippen molar-refractivity contribution < 1.29 is 0 Å². The lowest BCUT2D eigenvalue weighted by atomic mass is 10.2. The van der Waals surface area contributed by atoms with Gasteiger partial charge in [-0.05, 0) is 37.1 Å². The van der Waals surface area contributed by atoms with E-state index in [1.807, 2.05) is 6.07 Å². The van der Waals surface area contributed by atoms with Gasteiger partial charge in [0.2, 0.25) is 0 Å². The predicted molar refractivity (Wildman–Crippen MR) is 76.4 cm³/mol. The summed E-state index contributed by atoms with van der Waals surface area (Å²) < 4.78 is 1.04. The Hall–Kier alpha value is 0.430. The molecule has 88 valence electrons.